The lowest BCUT2D eigenvalue weighted by atomic mass is 10.2. The van der Waals surface area contributed by atoms with Crippen LogP contribution in [0.15, 0.2) is 47.2 Å². The summed E-state index contributed by atoms with van der Waals surface area (Å²) in [5, 5.41) is 0. The largest absolute Gasteiger partial charge is 0.464 e. The molecule has 3 rings (SSSR count). The first kappa shape index (κ1) is 19.5. The Balaban J connectivity index is 1.46. The van der Waals surface area contributed by atoms with Crippen LogP contribution in [0, 0.1) is 0 Å². The normalized spacial score (nSPS) is 15.3. The molecule has 1 fully saturated rings. The zero-order valence-electron chi connectivity index (χ0n) is 15.3. The van der Waals surface area contributed by atoms with E-state index in [1.807, 2.05) is 24.0 Å². The molecule has 1 amide bonds. The third-order valence-electron chi connectivity index (χ3n) is 4.35. The van der Waals surface area contributed by atoms with E-state index < -0.39 is 0 Å². The second-order valence-corrected chi connectivity index (χ2v) is 7.15. The van der Waals surface area contributed by atoms with E-state index in [2.05, 4.69) is 55.1 Å². The maximum Gasteiger partial charge on any atom is 0.316 e. The minimum Gasteiger partial charge on any atom is -0.464 e. The van der Waals surface area contributed by atoms with Crippen LogP contribution in [0.2, 0.25) is 0 Å². The highest BCUT2D eigenvalue weighted by molar-refractivity contribution is 9.10. The Labute approximate surface area is 168 Å². The van der Waals surface area contributed by atoms with Crippen molar-refractivity contribution in [2.45, 2.75) is 6.92 Å². The molecule has 2 aromatic rings. The van der Waals surface area contributed by atoms with Crippen molar-refractivity contribution in [2.75, 3.05) is 39.3 Å². The summed E-state index contributed by atoms with van der Waals surface area (Å²) in [5.41, 5.74) is 1.68. The Morgan fingerprint density at radius 2 is 1.81 bits per heavy atom. The van der Waals surface area contributed by atoms with Crippen LogP contribution in [0.1, 0.15) is 22.8 Å². The molecular weight excluding hydrogens is 408 g/mol. The summed E-state index contributed by atoms with van der Waals surface area (Å²) < 4.78 is 6.29. The molecule has 0 spiro atoms. The van der Waals surface area contributed by atoms with Crippen LogP contribution in [0.5, 0.6) is 6.01 Å². The van der Waals surface area contributed by atoms with Gasteiger partial charge in [-0.05, 0) is 24.6 Å². The van der Waals surface area contributed by atoms with E-state index in [0.29, 0.717) is 31.3 Å². The maximum atomic E-state index is 12.6. The molecule has 0 atom stereocenters. The van der Waals surface area contributed by atoms with E-state index in [4.69, 9.17) is 4.74 Å². The number of nitrogens with zero attached hydrogens (tertiary/aromatic N) is 4. The maximum absolute atomic E-state index is 12.6. The van der Waals surface area contributed by atoms with Crippen molar-refractivity contribution in [3.63, 3.8) is 0 Å². The lowest BCUT2D eigenvalue weighted by molar-refractivity contribution is 0.0649. The third kappa shape index (κ3) is 5.61. The predicted molar refractivity (Wildman–Crippen MR) is 109 cm³/mol. The average molecular weight is 431 g/mol. The number of halogens is 1. The molecule has 1 saturated heterocycles. The number of aromatic nitrogens is 2. The molecule has 1 aliphatic heterocycles. The predicted octanol–water partition coefficient (Wildman–Crippen LogP) is 3.11. The summed E-state index contributed by atoms with van der Waals surface area (Å²) in [5.74, 6) is -0.0249. The lowest BCUT2D eigenvalue weighted by Gasteiger charge is -2.34. The minimum absolute atomic E-state index is 0.0249. The van der Waals surface area contributed by atoms with E-state index in [0.717, 1.165) is 24.1 Å². The fourth-order valence-corrected chi connectivity index (χ4v) is 3.12. The number of benzene rings is 1. The van der Waals surface area contributed by atoms with Crippen molar-refractivity contribution in [1.82, 2.24) is 19.8 Å². The van der Waals surface area contributed by atoms with Crippen LogP contribution in [-0.4, -0.2) is 65.0 Å². The molecule has 0 saturated carbocycles. The molecule has 1 aliphatic rings. The Hall–Kier alpha value is -2.25. The number of carbonyl (C=O) groups excluding carboxylic acids is 1. The summed E-state index contributed by atoms with van der Waals surface area (Å²) in [6.45, 7) is 6.38. The number of carbonyl (C=O) groups is 1. The number of ether oxygens (including phenoxy) is 1. The van der Waals surface area contributed by atoms with E-state index in [1.54, 1.807) is 0 Å². The first-order valence-corrected chi connectivity index (χ1v) is 9.83. The van der Waals surface area contributed by atoms with Gasteiger partial charge in [-0.15, -0.1) is 0 Å². The van der Waals surface area contributed by atoms with E-state index in [9.17, 15) is 4.79 Å². The number of hydrogen-bond donors (Lipinski definition) is 0. The molecule has 0 unspecified atom stereocenters. The van der Waals surface area contributed by atoms with Gasteiger partial charge in [-0.3, -0.25) is 9.69 Å². The number of rotatable bonds is 6. The van der Waals surface area contributed by atoms with Crippen LogP contribution in [0.4, 0.5) is 0 Å². The van der Waals surface area contributed by atoms with Crippen molar-refractivity contribution in [3.05, 3.63) is 58.3 Å². The standard InChI is InChI=1S/C20H23BrN4O2/c1-2-27-20-22-14-17(15-23-20)19(26)25-12-10-24(11-13-25)9-3-4-16-5-7-18(21)8-6-16/h3-8,14-15H,2,9-13H2,1H3/b4-3+. The van der Waals surface area contributed by atoms with Gasteiger partial charge in [0.25, 0.3) is 5.91 Å². The summed E-state index contributed by atoms with van der Waals surface area (Å²) in [6, 6.07) is 8.53. The van der Waals surface area contributed by atoms with Gasteiger partial charge >= 0.3 is 6.01 Å². The molecule has 0 N–H and O–H groups in total. The van der Waals surface area contributed by atoms with Crippen LogP contribution in [0.3, 0.4) is 0 Å². The Kier molecular flexibility index (Phi) is 6.95. The van der Waals surface area contributed by atoms with Crippen molar-refractivity contribution in [2.24, 2.45) is 0 Å². The highest BCUT2D eigenvalue weighted by Crippen LogP contribution is 2.12. The lowest BCUT2D eigenvalue weighted by Crippen LogP contribution is -2.48. The van der Waals surface area contributed by atoms with Crippen molar-refractivity contribution in [3.8, 4) is 6.01 Å². The van der Waals surface area contributed by atoms with Crippen molar-refractivity contribution in [1.29, 1.82) is 0 Å². The molecule has 1 aromatic heterocycles. The van der Waals surface area contributed by atoms with Gasteiger partial charge in [0, 0.05) is 49.6 Å². The number of amides is 1. The van der Waals surface area contributed by atoms with Gasteiger partial charge in [0.1, 0.15) is 0 Å². The van der Waals surface area contributed by atoms with Gasteiger partial charge in [0.05, 0.1) is 12.2 Å². The smallest absolute Gasteiger partial charge is 0.316 e. The van der Waals surface area contributed by atoms with E-state index >= 15 is 0 Å². The van der Waals surface area contributed by atoms with Crippen LogP contribution >= 0.6 is 15.9 Å². The molecule has 1 aromatic carbocycles. The van der Waals surface area contributed by atoms with Crippen molar-refractivity contribution >= 4 is 27.9 Å². The van der Waals surface area contributed by atoms with Gasteiger partial charge in [0.15, 0.2) is 0 Å². The molecule has 0 aliphatic carbocycles. The number of piperazine rings is 1. The second-order valence-electron chi connectivity index (χ2n) is 6.23. The Morgan fingerprint density at radius 1 is 1.15 bits per heavy atom. The fourth-order valence-electron chi connectivity index (χ4n) is 2.86. The van der Waals surface area contributed by atoms with Gasteiger partial charge < -0.3 is 9.64 Å². The monoisotopic (exact) mass is 430 g/mol. The summed E-state index contributed by atoms with van der Waals surface area (Å²) in [7, 11) is 0. The zero-order chi connectivity index (χ0) is 19.1. The topological polar surface area (TPSA) is 58.6 Å². The Bertz CT molecular complexity index is 770. The summed E-state index contributed by atoms with van der Waals surface area (Å²) in [4.78, 5) is 24.9. The van der Waals surface area contributed by atoms with E-state index in [1.165, 1.54) is 18.0 Å². The van der Waals surface area contributed by atoms with Gasteiger partial charge in [-0.2, -0.15) is 0 Å². The fraction of sp³-hybridized carbons (Fsp3) is 0.350. The molecule has 0 bridgehead atoms. The first-order chi connectivity index (χ1) is 13.2. The highest BCUT2D eigenvalue weighted by atomic mass is 79.9. The zero-order valence-corrected chi connectivity index (χ0v) is 16.9. The first-order valence-electron chi connectivity index (χ1n) is 9.04. The van der Waals surface area contributed by atoms with Crippen molar-refractivity contribution < 1.29 is 9.53 Å². The molecule has 27 heavy (non-hydrogen) atoms. The van der Waals surface area contributed by atoms with Gasteiger partial charge in [-0.1, -0.05) is 40.2 Å². The molecular formula is C20H23BrN4O2. The summed E-state index contributed by atoms with van der Waals surface area (Å²) >= 11 is 3.44. The van der Waals surface area contributed by atoms with E-state index in [-0.39, 0.29) is 5.91 Å². The minimum atomic E-state index is -0.0249. The van der Waals surface area contributed by atoms with Gasteiger partial charge in [0.2, 0.25) is 0 Å². The molecule has 7 heteroatoms. The Morgan fingerprint density at radius 3 is 2.44 bits per heavy atom. The average Bonchev–Trinajstić information content (AvgIpc) is 2.70. The molecule has 142 valence electrons. The molecule has 0 radical (unpaired) electrons. The highest BCUT2D eigenvalue weighted by Gasteiger charge is 2.22. The second kappa shape index (κ2) is 9.62. The van der Waals surface area contributed by atoms with Crippen LogP contribution in [0.25, 0.3) is 6.08 Å². The number of hydrogen-bond acceptors (Lipinski definition) is 5. The van der Waals surface area contributed by atoms with Crippen LogP contribution < -0.4 is 4.74 Å². The molecule has 2 heterocycles. The molecule has 6 nitrogen and oxygen atoms in total. The third-order valence-corrected chi connectivity index (χ3v) is 4.88. The summed E-state index contributed by atoms with van der Waals surface area (Å²) in [6.07, 6.45) is 7.36. The van der Waals surface area contributed by atoms with Crippen LogP contribution in [-0.2, 0) is 0 Å². The van der Waals surface area contributed by atoms with Gasteiger partial charge in [-0.25, -0.2) is 9.97 Å². The SMILES string of the molecule is CCOc1ncc(C(=O)N2CCN(C/C=C/c3ccc(Br)cc3)CC2)cn1. The quantitative estimate of drug-likeness (QED) is 0.704.